The van der Waals surface area contributed by atoms with Crippen LogP contribution in [0.5, 0.6) is 11.5 Å². The summed E-state index contributed by atoms with van der Waals surface area (Å²) in [5, 5.41) is 0. The predicted octanol–water partition coefficient (Wildman–Crippen LogP) is 3.65. The fourth-order valence-electron chi connectivity index (χ4n) is 4.22. The number of amides is 1. The van der Waals surface area contributed by atoms with Crippen LogP contribution in [0.4, 0.5) is 0 Å². The lowest BCUT2D eigenvalue weighted by atomic mass is 9.97. The molecule has 0 aliphatic carbocycles. The van der Waals surface area contributed by atoms with Crippen LogP contribution >= 0.6 is 0 Å². The summed E-state index contributed by atoms with van der Waals surface area (Å²) in [6.45, 7) is 2.22. The molecule has 0 saturated carbocycles. The first-order chi connectivity index (χ1) is 15.6. The number of rotatable bonds is 7. The summed E-state index contributed by atoms with van der Waals surface area (Å²) in [6, 6.07) is 18.1. The molecule has 166 valence electrons. The average molecular weight is 432 g/mol. The van der Waals surface area contributed by atoms with Gasteiger partial charge in [-0.1, -0.05) is 30.3 Å². The molecule has 1 saturated heterocycles. The minimum atomic E-state index is -0.213. The van der Waals surface area contributed by atoms with Crippen molar-refractivity contribution in [3.05, 3.63) is 78.1 Å². The third-order valence-electron chi connectivity index (χ3n) is 6.03. The van der Waals surface area contributed by atoms with Crippen LogP contribution in [-0.2, 0) is 17.8 Å². The van der Waals surface area contributed by atoms with E-state index in [0.29, 0.717) is 24.5 Å². The first-order valence-corrected chi connectivity index (χ1v) is 10.8. The number of likely N-dealkylation sites (N-methyl/N-ethyl adjacent to an activating group) is 1. The van der Waals surface area contributed by atoms with Crippen molar-refractivity contribution < 1.29 is 14.3 Å². The fraction of sp³-hybridized carbons (Fsp3) is 0.308. The quantitative estimate of drug-likeness (QED) is 0.572. The van der Waals surface area contributed by atoms with Gasteiger partial charge in [-0.05, 0) is 52.9 Å². The van der Waals surface area contributed by atoms with E-state index < -0.39 is 0 Å². The third-order valence-corrected chi connectivity index (χ3v) is 6.03. The lowest BCUT2D eigenvalue weighted by Crippen LogP contribution is -2.56. The maximum absolute atomic E-state index is 13.1. The highest BCUT2D eigenvalue weighted by atomic mass is 16.5. The first kappa shape index (κ1) is 21.8. The van der Waals surface area contributed by atoms with E-state index in [1.807, 2.05) is 42.3 Å². The van der Waals surface area contributed by atoms with Crippen molar-refractivity contribution in [3.63, 3.8) is 0 Å². The van der Waals surface area contributed by atoms with Gasteiger partial charge in [0, 0.05) is 39.1 Å². The highest BCUT2D eigenvalue weighted by Crippen LogP contribution is 2.29. The van der Waals surface area contributed by atoms with Gasteiger partial charge in [-0.15, -0.1) is 0 Å². The van der Waals surface area contributed by atoms with E-state index >= 15 is 0 Å². The molecule has 2 heterocycles. The van der Waals surface area contributed by atoms with E-state index in [4.69, 9.17) is 9.47 Å². The van der Waals surface area contributed by atoms with E-state index in [-0.39, 0.29) is 11.9 Å². The Kier molecular flexibility index (Phi) is 6.71. The highest BCUT2D eigenvalue weighted by Gasteiger charge is 2.33. The van der Waals surface area contributed by atoms with Crippen molar-refractivity contribution >= 4 is 5.91 Å². The van der Waals surface area contributed by atoms with Crippen LogP contribution < -0.4 is 9.47 Å². The summed E-state index contributed by atoms with van der Waals surface area (Å²) in [5.74, 6) is 1.56. The molecule has 2 aromatic carbocycles. The maximum Gasteiger partial charge on any atom is 0.240 e. The second-order valence-electron chi connectivity index (χ2n) is 8.08. The van der Waals surface area contributed by atoms with Crippen molar-refractivity contribution in [2.75, 3.05) is 34.4 Å². The number of hydrogen-bond acceptors (Lipinski definition) is 5. The minimum absolute atomic E-state index is 0.158. The van der Waals surface area contributed by atoms with Crippen LogP contribution in [0.25, 0.3) is 11.1 Å². The number of hydrogen-bond donors (Lipinski definition) is 0. The van der Waals surface area contributed by atoms with Gasteiger partial charge in [0.2, 0.25) is 5.91 Å². The second kappa shape index (κ2) is 9.83. The van der Waals surface area contributed by atoms with E-state index in [1.165, 1.54) is 0 Å². The van der Waals surface area contributed by atoms with Crippen LogP contribution in [0.15, 0.2) is 67.0 Å². The molecule has 6 heteroatoms. The zero-order valence-electron chi connectivity index (χ0n) is 18.8. The lowest BCUT2D eigenvalue weighted by Gasteiger charge is -2.39. The van der Waals surface area contributed by atoms with Crippen LogP contribution in [0, 0.1) is 0 Å². The van der Waals surface area contributed by atoms with E-state index in [2.05, 4.69) is 34.1 Å². The van der Waals surface area contributed by atoms with Gasteiger partial charge in [0.15, 0.2) is 11.5 Å². The Morgan fingerprint density at radius 1 is 0.906 bits per heavy atom. The lowest BCUT2D eigenvalue weighted by molar-refractivity contribution is -0.140. The van der Waals surface area contributed by atoms with Gasteiger partial charge in [-0.3, -0.25) is 14.7 Å². The Hall–Kier alpha value is -3.38. The summed E-state index contributed by atoms with van der Waals surface area (Å²) < 4.78 is 10.8. The highest BCUT2D eigenvalue weighted by molar-refractivity contribution is 5.83. The summed E-state index contributed by atoms with van der Waals surface area (Å²) in [6.07, 6.45) is 4.26. The van der Waals surface area contributed by atoms with Gasteiger partial charge in [-0.25, -0.2) is 0 Å². The number of carbonyl (C=O) groups is 1. The van der Waals surface area contributed by atoms with Gasteiger partial charge in [0.1, 0.15) is 0 Å². The molecule has 3 aromatic rings. The first-order valence-electron chi connectivity index (χ1n) is 10.8. The summed E-state index contributed by atoms with van der Waals surface area (Å²) >= 11 is 0. The summed E-state index contributed by atoms with van der Waals surface area (Å²) in [4.78, 5) is 21.3. The Morgan fingerprint density at radius 2 is 1.69 bits per heavy atom. The zero-order valence-corrected chi connectivity index (χ0v) is 18.8. The number of piperazine rings is 1. The molecule has 1 aliphatic rings. The largest absolute Gasteiger partial charge is 0.493 e. The normalized spacial score (nSPS) is 16.8. The SMILES string of the molecule is COc1ccc(CN2CCN(C)C(=O)C2Cc2cccc(-c3ccncc3)c2)cc1OC. The number of nitrogens with zero attached hydrogens (tertiary/aromatic N) is 3. The van der Waals surface area contributed by atoms with Gasteiger partial charge < -0.3 is 14.4 Å². The van der Waals surface area contributed by atoms with Crippen LogP contribution in [-0.4, -0.2) is 61.1 Å². The molecular formula is C26H29N3O3. The molecule has 1 aliphatic heterocycles. The van der Waals surface area contributed by atoms with Gasteiger partial charge in [0.05, 0.1) is 20.3 Å². The zero-order chi connectivity index (χ0) is 22.5. The monoisotopic (exact) mass is 431 g/mol. The number of pyridine rings is 1. The van der Waals surface area contributed by atoms with Crippen molar-refractivity contribution in [2.24, 2.45) is 0 Å². The number of methoxy groups -OCH3 is 2. The summed E-state index contributed by atoms with van der Waals surface area (Å²) in [5.41, 5.74) is 4.49. The third kappa shape index (κ3) is 4.75. The number of ether oxygens (including phenoxy) is 2. The molecule has 32 heavy (non-hydrogen) atoms. The smallest absolute Gasteiger partial charge is 0.240 e. The van der Waals surface area contributed by atoms with Gasteiger partial charge in [-0.2, -0.15) is 0 Å². The maximum atomic E-state index is 13.1. The molecule has 0 radical (unpaired) electrons. The van der Waals surface area contributed by atoms with E-state index in [1.54, 1.807) is 26.6 Å². The number of benzene rings is 2. The Morgan fingerprint density at radius 3 is 2.44 bits per heavy atom. The molecule has 1 atom stereocenters. The van der Waals surface area contributed by atoms with E-state index in [0.717, 1.165) is 35.3 Å². The predicted molar refractivity (Wildman–Crippen MR) is 125 cm³/mol. The average Bonchev–Trinajstić information content (AvgIpc) is 2.84. The van der Waals surface area contributed by atoms with E-state index in [9.17, 15) is 4.79 Å². The number of carbonyl (C=O) groups excluding carboxylic acids is 1. The number of aromatic nitrogens is 1. The molecule has 0 N–H and O–H groups in total. The van der Waals surface area contributed by atoms with Crippen molar-refractivity contribution in [1.29, 1.82) is 0 Å². The molecule has 1 aromatic heterocycles. The molecule has 1 amide bonds. The molecule has 0 bridgehead atoms. The minimum Gasteiger partial charge on any atom is -0.493 e. The van der Waals surface area contributed by atoms with Gasteiger partial charge in [0.25, 0.3) is 0 Å². The van der Waals surface area contributed by atoms with Crippen LogP contribution in [0.3, 0.4) is 0 Å². The molecule has 6 nitrogen and oxygen atoms in total. The molecule has 1 fully saturated rings. The molecule has 1 unspecified atom stereocenters. The topological polar surface area (TPSA) is 54.9 Å². The van der Waals surface area contributed by atoms with Gasteiger partial charge >= 0.3 is 0 Å². The van der Waals surface area contributed by atoms with Crippen molar-refractivity contribution in [1.82, 2.24) is 14.8 Å². The Labute approximate surface area is 189 Å². The second-order valence-corrected chi connectivity index (χ2v) is 8.08. The summed E-state index contributed by atoms with van der Waals surface area (Å²) in [7, 11) is 5.16. The Bertz CT molecular complexity index is 1070. The van der Waals surface area contributed by atoms with Crippen molar-refractivity contribution in [3.8, 4) is 22.6 Å². The fourth-order valence-corrected chi connectivity index (χ4v) is 4.22. The molecule has 4 rings (SSSR count). The van der Waals surface area contributed by atoms with Crippen LogP contribution in [0.2, 0.25) is 0 Å². The standard InChI is InChI=1S/C26H29N3O3/c1-28-13-14-29(18-20-7-8-24(31-2)25(17-20)32-3)23(26(28)30)16-19-5-4-6-22(15-19)21-9-11-27-12-10-21/h4-12,15,17,23H,13-14,16,18H2,1-3H3. The molecular weight excluding hydrogens is 402 g/mol. The van der Waals surface area contributed by atoms with Crippen LogP contribution in [0.1, 0.15) is 11.1 Å². The van der Waals surface area contributed by atoms with Crippen molar-refractivity contribution in [2.45, 2.75) is 19.0 Å². The molecule has 0 spiro atoms. The Balaban J connectivity index is 1.57.